The van der Waals surface area contributed by atoms with Crippen molar-refractivity contribution in [3.63, 3.8) is 0 Å². The van der Waals surface area contributed by atoms with Crippen LogP contribution in [0.1, 0.15) is 11.4 Å². The third-order valence-electron chi connectivity index (χ3n) is 1.90. The quantitative estimate of drug-likeness (QED) is 0.869. The average Bonchev–Trinajstić information content (AvgIpc) is 2.24. The highest BCUT2D eigenvalue weighted by Gasteiger charge is 2.41. The molecule has 0 aromatic carbocycles. The van der Waals surface area contributed by atoms with Gasteiger partial charge in [0.25, 0.3) is 0 Å². The summed E-state index contributed by atoms with van der Waals surface area (Å²) in [6.45, 7) is -0.485. The lowest BCUT2D eigenvalue weighted by Crippen LogP contribution is -2.20. The van der Waals surface area contributed by atoms with Crippen LogP contribution in [0.2, 0.25) is 0 Å². The van der Waals surface area contributed by atoms with Gasteiger partial charge in [0.05, 0.1) is 12.8 Å². The van der Waals surface area contributed by atoms with Gasteiger partial charge in [-0.25, -0.2) is 4.98 Å². The molecule has 0 amide bonds. The SMILES string of the molecule is COc1c(OC(F)(F)F)cc(CN)nc1C(F)(F)F. The summed E-state index contributed by atoms with van der Waals surface area (Å²) in [5.41, 5.74) is 3.04. The molecule has 1 aromatic heterocycles. The Morgan fingerprint density at radius 2 is 1.79 bits per heavy atom. The molecule has 0 spiro atoms. The summed E-state index contributed by atoms with van der Waals surface area (Å²) in [5, 5.41) is 0. The number of ether oxygens (including phenoxy) is 2. The molecule has 1 heterocycles. The van der Waals surface area contributed by atoms with E-state index in [0.29, 0.717) is 6.07 Å². The second-order valence-corrected chi connectivity index (χ2v) is 3.24. The predicted octanol–water partition coefficient (Wildman–Crippen LogP) is 2.47. The Balaban J connectivity index is 3.44. The molecule has 0 aliphatic rings. The van der Waals surface area contributed by atoms with Gasteiger partial charge in [-0.15, -0.1) is 13.2 Å². The highest BCUT2D eigenvalue weighted by molar-refractivity contribution is 5.46. The number of nitrogens with two attached hydrogens (primary N) is 1. The highest BCUT2D eigenvalue weighted by atomic mass is 19.4. The summed E-state index contributed by atoms with van der Waals surface area (Å²) in [6.07, 6.45) is -10.2. The fourth-order valence-electron chi connectivity index (χ4n) is 1.25. The Bertz CT molecular complexity index is 457. The van der Waals surface area contributed by atoms with Crippen molar-refractivity contribution in [2.24, 2.45) is 5.73 Å². The third kappa shape index (κ3) is 3.88. The first kappa shape index (κ1) is 15.3. The summed E-state index contributed by atoms with van der Waals surface area (Å²) in [6, 6.07) is 0.640. The molecule has 0 aliphatic heterocycles. The van der Waals surface area contributed by atoms with E-state index >= 15 is 0 Å². The number of rotatable bonds is 3. The van der Waals surface area contributed by atoms with Crippen molar-refractivity contribution in [2.75, 3.05) is 7.11 Å². The second-order valence-electron chi connectivity index (χ2n) is 3.24. The van der Waals surface area contributed by atoms with Gasteiger partial charge >= 0.3 is 12.5 Å². The lowest BCUT2D eigenvalue weighted by Gasteiger charge is -2.17. The first-order valence-electron chi connectivity index (χ1n) is 4.69. The van der Waals surface area contributed by atoms with Crippen LogP contribution in [0.15, 0.2) is 6.07 Å². The van der Waals surface area contributed by atoms with Crippen molar-refractivity contribution in [1.29, 1.82) is 0 Å². The molecule has 0 saturated heterocycles. The molecule has 0 fully saturated rings. The minimum Gasteiger partial charge on any atom is -0.491 e. The third-order valence-corrected chi connectivity index (χ3v) is 1.90. The summed E-state index contributed by atoms with van der Waals surface area (Å²) >= 11 is 0. The minimum absolute atomic E-state index is 0.410. The van der Waals surface area contributed by atoms with Crippen LogP contribution in [-0.4, -0.2) is 18.5 Å². The maximum Gasteiger partial charge on any atom is 0.573 e. The molecule has 19 heavy (non-hydrogen) atoms. The Morgan fingerprint density at radius 1 is 1.21 bits per heavy atom. The normalized spacial score (nSPS) is 12.4. The molecule has 0 radical (unpaired) electrons. The largest absolute Gasteiger partial charge is 0.573 e. The zero-order valence-electron chi connectivity index (χ0n) is 9.39. The monoisotopic (exact) mass is 290 g/mol. The van der Waals surface area contributed by atoms with E-state index in [1.807, 2.05) is 0 Å². The van der Waals surface area contributed by atoms with Gasteiger partial charge in [0, 0.05) is 12.6 Å². The smallest absolute Gasteiger partial charge is 0.491 e. The molecular weight excluding hydrogens is 282 g/mol. The van der Waals surface area contributed by atoms with Crippen LogP contribution in [-0.2, 0) is 12.7 Å². The number of nitrogens with zero attached hydrogens (tertiary/aromatic N) is 1. The van der Waals surface area contributed by atoms with Gasteiger partial charge in [-0.05, 0) is 0 Å². The van der Waals surface area contributed by atoms with E-state index in [9.17, 15) is 26.3 Å². The zero-order chi connectivity index (χ0) is 14.8. The maximum absolute atomic E-state index is 12.6. The summed E-state index contributed by atoms with van der Waals surface area (Å²) in [4.78, 5) is 3.10. The molecule has 0 unspecified atom stereocenters. The first-order valence-corrected chi connectivity index (χ1v) is 4.69. The van der Waals surface area contributed by atoms with Crippen LogP contribution in [0.3, 0.4) is 0 Å². The number of methoxy groups -OCH3 is 1. The fourth-order valence-corrected chi connectivity index (χ4v) is 1.25. The molecule has 10 heteroatoms. The predicted molar refractivity (Wildman–Crippen MR) is 50.4 cm³/mol. The van der Waals surface area contributed by atoms with Gasteiger partial charge in [0.2, 0.25) is 0 Å². The first-order chi connectivity index (χ1) is 8.58. The Morgan fingerprint density at radius 3 is 2.16 bits per heavy atom. The van der Waals surface area contributed by atoms with Crippen LogP contribution >= 0.6 is 0 Å². The van der Waals surface area contributed by atoms with Gasteiger partial charge in [0.15, 0.2) is 17.2 Å². The molecule has 1 aromatic rings. The van der Waals surface area contributed by atoms with E-state index in [0.717, 1.165) is 7.11 Å². The number of hydrogen-bond donors (Lipinski definition) is 1. The molecule has 108 valence electrons. The molecule has 1 rings (SSSR count). The summed E-state index contributed by atoms with van der Waals surface area (Å²) < 4.78 is 82.0. The number of hydrogen-bond acceptors (Lipinski definition) is 4. The lowest BCUT2D eigenvalue weighted by atomic mass is 10.2. The molecule has 0 aliphatic carbocycles. The maximum atomic E-state index is 12.6. The van der Waals surface area contributed by atoms with Crippen molar-refractivity contribution >= 4 is 0 Å². The van der Waals surface area contributed by atoms with E-state index in [-0.39, 0.29) is 0 Å². The number of halogens is 6. The van der Waals surface area contributed by atoms with Gasteiger partial charge in [-0.3, -0.25) is 0 Å². The Hall–Kier alpha value is -1.71. The van der Waals surface area contributed by atoms with Crippen LogP contribution in [0.4, 0.5) is 26.3 Å². The van der Waals surface area contributed by atoms with E-state index < -0.39 is 42.0 Å². The van der Waals surface area contributed by atoms with Gasteiger partial charge in [-0.2, -0.15) is 13.2 Å². The van der Waals surface area contributed by atoms with Crippen LogP contribution in [0, 0.1) is 0 Å². The molecule has 2 N–H and O–H groups in total. The number of aromatic nitrogens is 1. The van der Waals surface area contributed by atoms with Crippen molar-refractivity contribution in [3.8, 4) is 11.5 Å². The molecule has 4 nitrogen and oxygen atoms in total. The average molecular weight is 290 g/mol. The van der Waals surface area contributed by atoms with E-state index in [2.05, 4.69) is 14.5 Å². The van der Waals surface area contributed by atoms with Crippen LogP contribution in [0.5, 0.6) is 11.5 Å². The van der Waals surface area contributed by atoms with Gasteiger partial charge in [-0.1, -0.05) is 0 Å². The van der Waals surface area contributed by atoms with E-state index in [1.165, 1.54) is 0 Å². The number of alkyl halides is 6. The van der Waals surface area contributed by atoms with Crippen LogP contribution in [0.25, 0.3) is 0 Å². The molecule has 0 atom stereocenters. The fraction of sp³-hybridized carbons (Fsp3) is 0.444. The van der Waals surface area contributed by atoms with E-state index in [4.69, 9.17) is 5.73 Å². The summed E-state index contributed by atoms with van der Waals surface area (Å²) in [5.74, 6) is -2.29. The Labute approximate surface area is 103 Å². The molecule has 0 bridgehead atoms. The van der Waals surface area contributed by atoms with Gasteiger partial charge in [0.1, 0.15) is 0 Å². The van der Waals surface area contributed by atoms with Gasteiger partial charge < -0.3 is 15.2 Å². The van der Waals surface area contributed by atoms with Crippen molar-refractivity contribution in [3.05, 3.63) is 17.5 Å². The van der Waals surface area contributed by atoms with Crippen molar-refractivity contribution in [2.45, 2.75) is 19.1 Å². The van der Waals surface area contributed by atoms with Crippen LogP contribution < -0.4 is 15.2 Å². The Kier molecular flexibility index (Phi) is 4.13. The molecular formula is C9H8F6N2O2. The van der Waals surface area contributed by atoms with E-state index in [1.54, 1.807) is 0 Å². The zero-order valence-corrected chi connectivity index (χ0v) is 9.39. The minimum atomic E-state index is -5.16. The van der Waals surface area contributed by atoms with Crippen molar-refractivity contribution in [1.82, 2.24) is 4.98 Å². The lowest BCUT2D eigenvalue weighted by molar-refractivity contribution is -0.275. The number of pyridine rings is 1. The standard InChI is InChI=1S/C9H8F6N2O2/c1-18-6-5(19-9(13,14)15)2-4(3-16)17-7(6)8(10,11)12/h2H,3,16H2,1H3. The van der Waals surface area contributed by atoms with Crippen molar-refractivity contribution < 1.29 is 35.8 Å². The topological polar surface area (TPSA) is 57.4 Å². The molecule has 0 saturated carbocycles. The summed E-state index contributed by atoms with van der Waals surface area (Å²) in [7, 11) is 0.775. The second kappa shape index (κ2) is 5.11. The highest BCUT2D eigenvalue weighted by Crippen LogP contribution is 2.42.